The lowest BCUT2D eigenvalue weighted by Gasteiger charge is -2.24. The van der Waals surface area contributed by atoms with E-state index in [1.54, 1.807) is 13.1 Å². The fourth-order valence-electron chi connectivity index (χ4n) is 3.01. The monoisotopic (exact) mass is 374 g/mol. The molecule has 3 rings (SSSR count). The Morgan fingerprint density at radius 3 is 2.52 bits per heavy atom. The Morgan fingerprint density at radius 1 is 1.24 bits per heavy atom. The van der Waals surface area contributed by atoms with Crippen molar-refractivity contribution in [3.05, 3.63) is 30.0 Å². The van der Waals surface area contributed by atoms with Crippen molar-refractivity contribution in [1.82, 2.24) is 4.98 Å². The van der Waals surface area contributed by atoms with Crippen molar-refractivity contribution < 1.29 is 26.3 Å². The molecule has 0 bridgehead atoms. The molecule has 0 saturated carbocycles. The molecule has 0 unspecified atom stereocenters. The summed E-state index contributed by atoms with van der Waals surface area (Å²) < 4.78 is 71.5. The van der Waals surface area contributed by atoms with Crippen LogP contribution in [0.15, 0.2) is 29.3 Å². The Kier molecular flexibility index (Phi) is 4.63. The van der Waals surface area contributed by atoms with E-state index < -0.39 is 31.7 Å². The van der Waals surface area contributed by atoms with Crippen LogP contribution in [0.4, 0.5) is 18.9 Å². The summed E-state index contributed by atoms with van der Waals surface area (Å²) >= 11 is 0. The van der Waals surface area contributed by atoms with Gasteiger partial charge in [0.15, 0.2) is 9.84 Å². The van der Waals surface area contributed by atoms with Gasteiger partial charge in [0.25, 0.3) is 0 Å². The van der Waals surface area contributed by atoms with E-state index in [-0.39, 0.29) is 31.6 Å². The number of nitrogens with one attached hydrogen (secondary N) is 1. The largest absolute Gasteiger partial charge is 0.417 e. The average molecular weight is 374 g/mol. The molecule has 0 spiro atoms. The number of rotatable bonds is 3. The molecular weight excluding hydrogens is 357 g/mol. The van der Waals surface area contributed by atoms with Crippen molar-refractivity contribution >= 4 is 26.4 Å². The first kappa shape index (κ1) is 17.9. The van der Waals surface area contributed by atoms with Gasteiger partial charge in [0, 0.05) is 37.5 Å². The highest BCUT2D eigenvalue weighted by Crippen LogP contribution is 2.39. The highest BCUT2D eigenvalue weighted by Gasteiger charge is 2.40. The second-order valence-electron chi connectivity index (χ2n) is 5.83. The Morgan fingerprint density at radius 2 is 1.92 bits per heavy atom. The summed E-state index contributed by atoms with van der Waals surface area (Å²) in [5.41, 5.74) is -0.570. The third-order valence-electron chi connectivity index (χ3n) is 4.33. The lowest BCUT2D eigenvalue weighted by Crippen LogP contribution is -2.30. The maximum absolute atomic E-state index is 13.5. The first-order chi connectivity index (χ1) is 11.7. The second-order valence-corrected chi connectivity index (χ2v) is 8.03. The van der Waals surface area contributed by atoms with E-state index in [4.69, 9.17) is 4.74 Å². The minimum atomic E-state index is -4.79. The molecule has 5 nitrogen and oxygen atoms in total. The van der Waals surface area contributed by atoms with Crippen LogP contribution in [0.3, 0.4) is 0 Å². The molecule has 136 valence electrons. The molecule has 1 aromatic carbocycles. The van der Waals surface area contributed by atoms with Gasteiger partial charge in [0.2, 0.25) is 0 Å². The molecule has 1 aliphatic rings. The lowest BCUT2D eigenvalue weighted by atomic mass is 10.1. The highest BCUT2D eigenvalue weighted by molar-refractivity contribution is 7.92. The summed E-state index contributed by atoms with van der Waals surface area (Å²) in [6.45, 7) is 0.449. The highest BCUT2D eigenvalue weighted by atomic mass is 32.2. The average Bonchev–Trinajstić information content (AvgIpc) is 2.60. The molecule has 2 heterocycles. The van der Waals surface area contributed by atoms with Gasteiger partial charge in [-0.2, -0.15) is 13.2 Å². The van der Waals surface area contributed by atoms with E-state index in [2.05, 4.69) is 10.3 Å². The standard InChI is InChI=1S/C16H17F3N2O3S/c1-20-13-2-5-21-14-9-12(16(17,18)19)15(8-11(13)14)25(22,23)10-3-6-24-7-4-10/h2,5,8-10H,3-4,6-7H2,1H3,(H,20,21). The van der Waals surface area contributed by atoms with E-state index in [0.717, 1.165) is 12.1 Å². The van der Waals surface area contributed by atoms with Crippen LogP contribution < -0.4 is 5.32 Å². The summed E-state index contributed by atoms with van der Waals surface area (Å²) in [6.07, 6.45) is -3.05. The topological polar surface area (TPSA) is 68.3 Å². The van der Waals surface area contributed by atoms with Crippen molar-refractivity contribution in [2.75, 3.05) is 25.6 Å². The van der Waals surface area contributed by atoms with Gasteiger partial charge in [0.1, 0.15) is 0 Å². The van der Waals surface area contributed by atoms with Crippen molar-refractivity contribution in [2.24, 2.45) is 0 Å². The number of hydrogen-bond acceptors (Lipinski definition) is 5. The third-order valence-corrected chi connectivity index (χ3v) is 6.63. The predicted molar refractivity (Wildman–Crippen MR) is 87.3 cm³/mol. The summed E-state index contributed by atoms with van der Waals surface area (Å²) in [4.78, 5) is 3.25. The van der Waals surface area contributed by atoms with Gasteiger partial charge in [0.05, 0.1) is 21.2 Å². The van der Waals surface area contributed by atoms with Crippen LogP contribution in [-0.4, -0.2) is 38.9 Å². The van der Waals surface area contributed by atoms with Gasteiger partial charge < -0.3 is 10.1 Å². The number of ether oxygens (including phenoxy) is 1. The minimum Gasteiger partial charge on any atom is -0.388 e. The molecule has 0 aliphatic carbocycles. The Hall–Kier alpha value is -1.87. The number of anilines is 1. The predicted octanol–water partition coefficient (Wildman–Crippen LogP) is 3.25. The van der Waals surface area contributed by atoms with E-state index in [9.17, 15) is 21.6 Å². The van der Waals surface area contributed by atoms with Gasteiger partial charge in [-0.05, 0) is 31.0 Å². The Balaban J connectivity index is 2.27. The normalized spacial score (nSPS) is 17.0. The summed E-state index contributed by atoms with van der Waals surface area (Å²) in [5, 5.41) is 2.31. The zero-order valence-corrected chi connectivity index (χ0v) is 14.2. The SMILES string of the molecule is CNc1ccnc2cc(C(F)(F)F)c(S(=O)(=O)C3CCOCC3)cc12. The van der Waals surface area contributed by atoms with E-state index in [0.29, 0.717) is 11.1 Å². The summed E-state index contributed by atoms with van der Waals surface area (Å²) in [6, 6.07) is 3.48. The van der Waals surface area contributed by atoms with Gasteiger partial charge in [-0.3, -0.25) is 4.98 Å². The molecule has 0 radical (unpaired) electrons. The summed E-state index contributed by atoms with van der Waals surface area (Å²) in [7, 11) is -2.54. The molecule has 2 aromatic rings. The molecule has 0 atom stereocenters. The Bertz CT molecular complexity index is 891. The molecule has 1 aromatic heterocycles. The van der Waals surface area contributed by atoms with Gasteiger partial charge in [-0.15, -0.1) is 0 Å². The maximum atomic E-state index is 13.5. The first-order valence-electron chi connectivity index (χ1n) is 7.74. The van der Waals surface area contributed by atoms with Crippen LogP contribution in [0.1, 0.15) is 18.4 Å². The quantitative estimate of drug-likeness (QED) is 0.893. The van der Waals surface area contributed by atoms with Crippen LogP contribution in [0.5, 0.6) is 0 Å². The minimum absolute atomic E-state index is 0.0881. The van der Waals surface area contributed by atoms with Crippen LogP contribution in [0, 0.1) is 0 Å². The molecule has 9 heteroatoms. The molecular formula is C16H17F3N2O3S. The van der Waals surface area contributed by atoms with E-state index >= 15 is 0 Å². The van der Waals surface area contributed by atoms with Crippen LogP contribution in [0.25, 0.3) is 10.9 Å². The van der Waals surface area contributed by atoms with Crippen molar-refractivity contribution in [3.63, 3.8) is 0 Å². The van der Waals surface area contributed by atoms with E-state index in [1.807, 2.05) is 0 Å². The maximum Gasteiger partial charge on any atom is 0.417 e. The zero-order valence-electron chi connectivity index (χ0n) is 13.4. The van der Waals surface area contributed by atoms with Gasteiger partial charge in [-0.25, -0.2) is 8.42 Å². The lowest BCUT2D eigenvalue weighted by molar-refractivity contribution is -0.139. The number of pyridine rings is 1. The third kappa shape index (κ3) is 3.30. The molecule has 0 amide bonds. The Labute approximate surface area is 143 Å². The number of aromatic nitrogens is 1. The summed E-state index contributed by atoms with van der Waals surface area (Å²) in [5.74, 6) is 0. The van der Waals surface area contributed by atoms with Gasteiger partial charge >= 0.3 is 6.18 Å². The number of alkyl halides is 3. The fraction of sp³-hybridized carbons (Fsp3) is 0.438. The van der Waals surface area contributed by atoms with Crippen LogP contribution in [-0.2, 0) is 20.8 Å². The number of sulfone groups is 1. The van der Waals surface area contributed by atoms with Crippen molar-refractivity contribution in [1.29, 1.82) is 0 Å². The number of benzene rings is 1. The number of nitrogens with zero attached hydrogens (tertiary/aromatic N) is 1. The molecule has 1 fully saturated rings. The molecule has 25 heavy (non-hydrogen) atoms. The molecule has 1 saturated heterocycles. The number of halogens is 3. The molecule has 1 aliphatic heterocycles. The van der Waals surface area contributed by atoms with Gasteiger partial charge in [-0.1, -0.05) is 0 Å². The van der Waals surface area contributed by atoms with Crippen molar-refractivity contribution in [2.45, 2.75) is 29.2 Å². The smallest absolute Gasteiger partial charge is 0.388 e. The second kappa shape index (κ2) is 6.45. The number of fused-ring (bicyclic) bond motifs is 1. The zero-order chi connectivity index (χ0) is 18.2. The van der Waals surface area contributed by atoms with Crippen molar-refractivity contribution in [3.8, 4) is 0 Å². The fourth-order valence-corrected chi connectivity index (χ4v) is 4.95. The first-order valence-corrected chi connectivity index (χ1v) is 9.29. The van der Waals surface area contributed by atoms with Crippen LogP contribution >= 0.6 is 0 Å². The van der Waals surface area contributed by atoms with E-state index in [1.165, 1.54) is 6.20 Å². The van der Waals surface area contributed by atoms with Crippen LogP contribution in [0.2, 0.25) is 0 Å². The number of hydrogen-bond donors (Lipinski definition) is 1. The molecule has 1 N–H and O–H groups in total.